The average molecular weight is 339 g/mol. The van der Waals surface area contributed by atoms with Crippen LogP contribution in [0.5, 0.6) is 5.75 Å². The number of ether oxygens (including phenoxy) is 1. The zero-order chi connectivity index (χ0) is 16.6. The minimum atomic E-state index is -0.686. The van der Waals surface area contributed by atoms with Gasteiger partial charge in [-0.05, 0) is 31.5 Å². The molecule has 2 saturated heterocycles. The number of benzene rings is 1. The predicted octanol–water partition coefficient (Wildman–Crippen LogP) is 2.23. The van der Waals surface area contributed by atoms with Gasteiger partial charge in [0.25, 0.3) is 0 Å². The molecule has 0 bridgehead atoms. The lowest BCUT2D eigenvalue weighted by Gasteiger charge is -2.23. The van der Waals surface area contributed by atoms with E-state index in [-0.39, 0.29) is 12.0 Å². The van der Waals surface area contributed by atoms with Gasteiger partial charge in [0.05, 0.1) is 16.5 Å². The first kappa shape index (κ1) is 16.6. The van der Waals surface area contributed by atoms with Gasteiger partial charge in [0.2, 0.25) is 0 Å². The second kappa shape index (κ2) is 6.30. The maximum atomic E-state index is 11.7. The second-order valence-corrected chi connectivity index (χ2v) is 7.30. The molecule has 2 atom stereocenters. The molecule has 1 aromatic rings. The van der Waals surface area contributed by atoms with E-state index in [0.29, 0.717) is 30.4 Å². The van der Waals surface area contributed by atoms with Gasteiger partial charge >= 0.3 is 5.97 Å². The summed E-state index contributed by atoms with van der Waals surface area (Å²) >= 11 is 6.28. The quantitative estimate of drug-likeness (QED) is 0.862. The van der Waals surface area contributed by atoms with E-state index in [2.05, 4.69) is 10.2 Å². The van der Waals surface area contributed by atoms with Crippen molar-refractivity contribution in [3.05, 3.63) is 28.8 Å². The molecule has 1 aromatic carbocycles. The summed E-state index contributed by atoms with van der Waals surface area (Å²) in [6.45, 7) is 7.38. The first-order valence-corrected chi connectivity index (χ1v) is 8.40. The summed E-state index contributed by atoms with van der Waals surface area (Å²) in [5.41, 5.74) is 0.449. The number of hydrogen-bond donors (Lipinski definition) is 2. The molecule has 126 valence electrons. The fourth-order valence-electron chi connectivity index (χ4n) is 3.70. The first-order valence-electron chi connectivity index (χ1n) is 8.02. The van der Waals surface area contributed by atoms with E-state index in [4.69, 9.17) is 16.3 Å². The summed E-state index contributed by atoms with van der Waals surface area (Å²) in [6, 6.07) is 5.81. The van der Waals surface area contributed by atoms with Crippen LogP contribution in [0, 0.1) is 11.3 Å². The molecule has 0 aromatic heterocycles. The lowest BCUT2D eigenvalue weighted by Crippen LogP contribution is -2.40. The molecule has 0 spiro atoms. The van der Waals surface area contributed by atoms with Crippen LogP contribution in [0.2, 0.25) is 5.02 Å². The maximum Gasteiger partial charge on any atom is 0.312 e. The third-order valence-electron chi connectivity index (χ3n) is 4.79. The number of halogens is 1. The number of carbonyl (C=O) groups is 1. The van der Waals surface area contributed by atoms with Crippen molar-refractivity contribution in [3.63, 3.8) is 0 Å². The Morgan fingerprint density at radius 3 is 2.96 bits per heavy atom. The molecule has 2 heterocycles. The highest BCUT2D eigenvalue weighted by atomic mass is 35.5. The molecule has 5 nitrogen and oxygen atoms in total. The van der Waals surface area contributed by atoms with Crippen molar-refractivity contribution in [1.29, 1.82) is 0 Å². The van der Waals surface area contributed by atoms with Gasteiger partial charge in [-0.2, -0.15) is 0 Å². The van der Waals surface area contributed by atoms with Crippen molar-refractivity contribution in [2.75, 3.05) is 26.2 Å². The second-order valence-electron chi connectivity index (χ2n) is 6.89. The van der Waals surface area contributed by atoms with Gasteiger partial charge in [-0.3, -0.25) is 9.69 Å². The number of carboxylic acid groups (broad SMARTS) is 1. The van der Waals surface area contributed by atoms with Crippen molar-refractivity contribution in [2.24, 2.45) is 11.3 Å². The molecule has 23 heavy (non-hydrogen) atoms. The van der Waals surface area contributed by atoms with E-state index >= 15 is 0 Å². The van der Waals surface area contributed by atoms with Gasteiger partial charge < -0.3 is 15.2 Å². The van der Waals surface area contributed by atoms with Gasteiger partial charge in [0, 0.05) is 38.6 Å². The molecular weight excluding hydrogens is 316 g/mol. The van der Waals surface area contributed by atoms with Crippen molar-refractivity contribution in [1.82, 2.24) is 10.2 Å². The molecule has 2 aliphatic heterocycles. The van der Waals surface area contributed by atoms with Gasteiger partial charge in [0.15, 0.2) is 0 Å². The summed E-state index contributed by atoms with van der Waals surface area (Å²) < 4.78 is 5.65. The van der Waals surface area contributed by atoms with E-state index < -0.39 is 11.4 Å². The summed E-state index contributed by atoms with van der Waals surface area (Å²) in [5, 5.41) is 13.4. The Hall–Kier alpha value is -1.30. The Kier molecular flexibility index (Phi) is 4.54. The first-order chi connectivity index (χ1) is 10.9. The largest absolute Gasteiger partial charge is 0.489 e. The fraction of sp³-hybridized carbons (Fsp3) is 0.588. The van der Waals surface area contributed by atoms with Gasteiger partial charge in [-0.25, -0.2) is 0 Å². The third-order valence-corrected chi connectivity index (χ3v) is 5.08. The minimum absolute atomic E-state index is 0.0826. The topological polar surface area (TPSA) is 61.8 Å². The summed E-state index contributed by atoms with van der Waals surface area (Å²) in [4.78, 5) is 13.9. The monoisotopic (exact) mass is 338 g/mol. The Balaban J connectivity index is 1.69. The number of fused-ring (bicyclic) bond motifs is 1. The zero-order valence-corrected chi connectivity index (χ0v) is 14.3. The molecule has 2 N–H and O–H groups in total. The van der Waals surface area contributed by atoms with Crippen LogP contribution in [0.25, 0.3) is 0 Å². The Morgan fingerprint density at radius 1 is 1.57 bits per heavy atom. The average Bonchev–Trinajstić information content (AvgIpc) is 2.99. The van der Waals surface area contributed by atoms with Crippen LogP contribution in [-0.4, -0.2) is 48.3 Å². The van der Waals surface area contributed by atoms with Gasteiger partial charge in [-0.15, -0.1) is 0 Å². The highest BCUT2D eigenvalue weighted by Crippen LogP contribution is 2.40. The van der Waals surface area contributed by atoms with E-state index in [1.807, 2.05) is 32.0 Å². The highest BCUT2D eigenvalue weighted by molar-refractivity contribution is 6.32. The smallest absolute Gasteiger partial charge is 0.312 e. The zero-order valence-electron chi connectivity index (χ0n) is 13.5. The van der Waals surface area contributed by atoms with E-state index in [0.717, 1.165) is 18.7 Å². The van der Waals surface area contributed by atoms with Crippen molar-refractivity contribution in [2.45, 2.75) is 26.5 Å². The maximum absolute atomic E-state index is 11.7. The van der Waals surface area contributed by atoms with E-state index in [1.54, 1.807) is 0 Å². The van der Waals surface area contributed by atoms with Gasteiger partial charge in [-0.1, -0.05) is 17.7 Å². The van der Waals surface area contributed by atoms with E-state index in [9.17, 15) is 9.90 Å². The molecule has 6 heteroatoms. The van der Waals surface area contributed by atoms with E-state index in [1.165, 1.54) is 0 Å². The Labute approximate surface area is 141 Å². The lowest BCUT2D eigenvalue weighted by atomic mass is 9.81. The van der Waals surface area contributed by atoms with Crippen molar-refractivity contribution in [3.8, 4) is 5.75 Å². The predicted molar refractivity (Wildman–Crippen MR) is 88.9 cm³/mol. The van der Waals surface area contributed by atoms with Crippen LogP contribution in [0.15, 0.2) is 18.2 Å². The number of aliphatic carboxylic acids is 1. The standard InChI is InChI=1S/C17H23ClN2O3/c1-11(2)23-15-4-3-12(5-14(15)18)7-20-8-13-6-19-9-17(13,10-20)16(21)22/h3-5,11,13,19H,6-10H2,1-2H3,(H,21,22)/t13-,17-/m0/s1. The molecule has 0 saturated carbocycles. The normalized spacial score (nSPS) is 27.4. The van der Waals surface area contributed by atoms with Crippen LogP contribution < -0.4 is 10.1 Å². The number of hydrogen-bond acceptors (Lipinski definition) is 4. The van der Waals surface area contributed by atoms with Crippen molar-refractivity contribution >= 4 is 17.6 Å². The molecule has 3 rings (SSSR count). The van der Waals surface area contributed by atoms with Gasteiger partial charge in [0.1, 0.15) is 5.75 Å². The highest BCUT2D eigenvalue weighted by Gasteiger charge is 2.54. The summed E-state index contributed by atoms with van der Waals surface area (Å²) in [7, 11) is 0. The third kappa shape index (κ3) is 3.18. The number of rotatable bonds is 5. The lowest BCUT2D eigenvalue weighted by molar-refractivity contribution is -0.148. The molecule has 0 unspecified atom stereocenters. The molecule has 0 amide bonds. The summed E-state index contributed by atoms with van der Waals surface area (Å²) in [5.74, 6) is 0.183. The van der Waals surface area contributed by atoms with Crippen LogP contribution in [0.3, 0.4) is 0 Å². The SMILES string of the molecule is CC(C)Oc1ccc(CN2C[C@@H]3CNC[C@]3(C(=O)O)C2)cc1Cl. The van der Waals surface area contributed by atoms with Crippen LogP contribution in [0.1, 0.15) is 19.4 Å². The Morgan fingerprint density at radius 2 is 2.35 bits per heavy atom. The molecular formula is C17H23ClN2O3. The van der Waals surface area contributed by atoms with Crippen LogP contribution in [0.4, 0.5) is 0 Å². The van der Waals surface area contributed by atoms with Crippen LogP contribution >= 0.6 is 11.6 Å². The number of nitrogens with zero attached hydrogens (tertiary/aromatic N) is 1. The number of nitrogens with one attached hydrogen (secondary N) is 1. The van der Waals surface area contributed by atoms with Crippen LogP contribution in [-0.2, 0) is 11.3 Å². The number of likely N-dealkylation sites (tertiary alicyclic amines) is 1. The minimum Gasteiger partial charge on any atom is -0.489 e. The Bertz CT molecular complexity index is 608. The molecule has 0 aliphatic carbocycles. The number of carboxylic acids is 1. The fourth-order valence-corrected chi connectivity index (χ4v) is 3.95. The molecule has 2 aliphatic rings. The molecule has 0 radical (unpaired) electrons. The molecule has 2 fully saturated rings. The van der Waals surface area contributed by atoms with Crippen molar-refractivity contribution < 1.29 is 14.6 Å². The summed E-state index contributed by atoms with van der Waals surface area (Å²) in [6.07, 6.45) is 0.0826.